The van der Waals surface area contributed by atoms with Crippen LogP contribution in [0.4, 0.5) is 0 Å². The molecule has 0 spiro atoms. The molecular formula is C18H16O3. The molecular weight excluding hydrogens is 264 g/mol. The minimum atomic E-state index is -0.811. The zero-order valence-corrected chi connectivity index (χ0v) is 11.8. The lowest BCUT2D eigenvalue weighted by molar-refractivity contribution is -0.138. The van der Waals surface area contributed by atoms with E-state index in [1.807, 2.05) is 37.3 Å². The molecule has 0 aromatic heterocycles. The van der Waals surface area contributed by atoms with E-state index in [2.05, 4.69) is 0 Å². The highest BCUT2D eigenvalue weighted by Crippen LogP contribution is 2.35. The van der Waals surface area contributed by atoms with Gasteiger partial charge in [0, 0.05) is 11.1 Å². The summed E-state index contributed by atoms with van der Waals surface area (Å²) >= 11 is 0. The summed E-state index contributed by atoms with van der Waals surface area (Å²) in [4.78, 5) is 23.9. The summed E-state index contributed by atoms with van der Waals surface area (Å²) in [5, 5.41) is 9.25. The maximum absolute atomic E-state index is 12.6. The van der Waals surface area contributed by atoms with E-state index in [9.17, 15) is 14.7 Å². The summed E-state index contributed by atoms with van der Waals surface area (Å²) in [6.45, 7) is 1.98. The van der Waals surface area contributed by atoms with Gasteiger partial charge >= 0.3 is 5.97 Å². The van der Waals surface area contributed by atoms with E-state index in [4.69, 9.17) is 0 Å². The van der Waals surface area contributed by atoms with Gasteiger partial charge in [0.2, 0.25) is 0 Å². The van der Waals surface area contributed by atoms with Gasteiger partial charge in [0.1, 0.15) is 0 Å². The summed E-state index contributed by atoms with van der Waals surface area (Å²) < 4.78 is 0. The second-order valence-electron chi connectivity index (χ2n) is 5.50. The Hall–Kier alpha value is -2.42. The molecule has 2 aromatic carbocycles. The number of carboxylic acids is 1. The van der Waals surface area contributed by atoms with E-state index in [0.29, 0.717) is 24.0 Å². The molecule has 0 amide bonds. The first-order chi connectivity index (χ1) is 10.1. The normalized spacial score (nSPS) is 16.5. The van der Waals surface area contributed by atoms with Crippen LogP contribution in [0.1, 0.15) is 45.0 Å². The quantitative estimate of drug-likeness (QED) is 0.877. The number of hydrogen-bond donors (Lipinski definition) is 1. The van der Waals surface area contributed by atoms with Gasteiger partial charge in [-0.25, -0.2) is 0 Å². The van der Waals surface area contributed by atoms with Crippen molar-refractivity contribution >= 4 is 11.8 Å². The van der Waals surface area contributed by atoms with Crippen LogP contribution in [-0.4, -0.2) is 16.9 Å². The Balaban J connectivity index is 2.03. The highest BCUT2D eigenvalue weighted by atomic mass is 16.4. The fraction of sp³-hybridized carbons (Fsp3) is 0.222. The van der Waals surface area contributed by atoms with Crippen LogP contribution >= 0.6 is 0 Å². The zero-order valence-electron chi connectivity index (χ0n) is 11.8. The molecule has 0 fully saturated rings. The molecule has 1 atom stereocenters. The lowest BCUT2D eigenvalue weighted by Crippen LogP contribution is -2.09. The molecule has 0 heterocycles. The highest BCUT2D eigenvalue weighted by Gasteiger charge is 2.31. The van der Waals surface area contributed by atoms with Gasteiger partial charge in [0.15, 0.2) is 5.78 Å². The van der Waals surface area contributed by atoms with Crippen molar-refractivity contribution in [3.8, 4) is 0 Å². The number of fused-ring (bicyclic) bond motifs is 1. The third-order valence-electron chi connectivity index (χ3n) is 4.13. The van der Waals surface area contributed by atoms with E-state index < -0.39 is 11.9 Å². The second kappa shape index (κ2) is 5.17. The van der Waals surface area contributed by atoms with E-state index >= 15 is 0 Å². The van der Waals surface area contributed by atoms with Gasteiger partial charge in [0.25, 0.3) is 0 Å². The minimum Gasteiger partial charge on any atom is -0.481 e. The summed E-state index contributed by atoms with van der Waals surface area (Å²) in [6, 6.07) is 12.9. The first-order valence-electron chi connectivity index (χ1n) is 7.04. The maximum Gasteiger partial charge on any atom is 0.310 e. The number of carbonyl (C=O) groups excluding carboxylic acids is 1. The van der Waals surface area contributed by atoms with Crippen molar-refractivity contribution in [2.75, 3.05) is 0 Å². The lowest BCUT2D eigenvalue weighted by Gasteiger charge is -2.09. The lowest BCUT2D eigenvalue weighted by atomic mass is 9.94. The smallest absolute Gasteiger partial charge is 0.310 e. The Labute approximate surface area is 123 Å². The molecule has 3 nitrogen and oxygen atoms in total. The molecule has 3 heteroatoms. The SMILES string of the molecule is Cc1ccc(C(=O)c2cccc3c2CC[C@H]3C(=O)O)cc1. The van der Waals surface area contributed by atoms with E-state index in [1.165, 1.54) is 0 Å². The third-order valence-corrected chi connectivity index (χ3v) is 4.13. The average molecular weight is 280 g/mol. The molecule has 1 N–H and O–H groups in total. The number of aryl methyl sites for hydroxylation is 1. The first kappa shape index (κ1) is 13.6. The Morgan fingerprint density at radius 1 is 1.10 bits per heavy atom. The number of carboxylic acid groups (broad SMARTS) is 1. The van der Waals surface area contributed by atoms with Crippen LogP contribution in [0.15, 0.2) is 42.5 Å². The third kappa shape index (κ3) is 2.35. The molecule has 0 saturated heterocycles. The van der Waals surface area contributed by atoms with E-state index in [0.717, 1.165) is 16.7 Å². The highest BCUT2D eigenvalue weighted by molar-refractivity contribution is 6.10. The average Bonchev–Trinajstić information content (AvgIpc) is 2.91. The molecule has 0 radical (unpaired) electrons. The molecule has 0 bridgehead atoms. The van der Waals surface area contributed by atoms with Crippen molar-refractivity contribution in [1.82, 2.24) is 0 Å². The Morgan fingerprint density at radius 2 is 1.81 bits per heavy atom. The molecule has 0 saturated carbocycles. The molecule has 106 valence electrons. The van der Waals surface area contributed by atoms with Gasteiger partial charge < -0.3 is 5.11 Å². The van der Waals surface area contributed by atoms with Crippen LogP contribution < -0.4 is 0 Å². The fourth-order valence-electron chi connectivity index (χ4n) is 2.98. The van der Waals surface area contributed by atoms with Crippen LogP contribution in [0.3, 0.4) is 0 Å². The van der Waals surface area contributed by atoms with Gasteiger partial charge in [-0.1, -0.05) is 48.0 Å². The number of ketones is 1. The first-order valence-corrected chi connectivity index (χ1v) is 7.04. The number of benzene rings is 2. The maximum atomic E-state index is 12.6. The summed E-state index contributed by atoms with van der Waals surface area (Å²) in [6.07, 6.45) is 1.23. The number of hydrogen-bond acceptors (Lipinski definition) is 2. The van der Waals surface area contributed by atoms with Crippen molar-refractivity contribution in [2.45, 2.75) is 25.7 Å². The van der Waals surface area contributed by atoms with Gasteiger partial charge in [0.05, 0.1) is 5.92 Å². The molecule has 1 aliphatic carbocycles. The van der Waals surface area contributed by atoms with E-state index in [1.54, 1.807) is 12.1 Å². The molecule has 1 aliphatic rings. The van der Waals surface area contributed by atoms with Gasteiger partial charge in [-0.15, -0.1) is 0 Å². The van der Waals surface area contributed by atoms with Crippen molar-refractivity contribution in [2.24, 2.45) is 0 Å². The molecule has 2 aromatic rings. The summed E-state index contributed by atoms with van der Waals surface area (Å²) in [5.41, 5.74) is 4.08. The monoisotopic (exact) mass is 280 g/mol. The fourth-order valence-corrected chi connectivity index (χ4v) is 2.98. The van der Waals surface area contributed by atoms with Gasteiger partial charge in [-0.2, -0.15) is 0 Å². The van der Waals surface area contributed by atoms with Crippen molar-refractivity contribution < 1.29 is 14.7 Å². The van der Waals surface area contributed by atoms with Crippen molar-refractivity contribution in [3.63, 3.8) is 0 Å². The van der Waals surface area contributed by atoms with E-state index in [-0.39, 0.29) is 5.78 Å². The Bertz CT molecular complexity index is 714. The second-order valence-corrected chi connectivity index (χ2v) is 5.50. The largest absolute Gasteiger partial charge is 0.481 e. The van der Waals surface area contributed by atoms with Crippen LogP contribution in [0.25, 0.3) is 0 Å². The molecule has 0 unspecified atom stereocenters. The number of carbonyl (C=O) groups is 2. The minimum absolute atomic E-state index is 0.0297. The molecule has 0 aliphatic heterocycles. The van der Waals surface area contributed by atoms with Crippen LogP contribution in [-0.2, 0) is 11.2 Å². The van der Waals surface area contributed by atoms with Crippen molar-refractivity contribution in [3.05, 3.63) is 70.3 Å². The zero-order chi connectivity index (χ0) is 15.0. The molecule has 3 rings (SSSR count). The summed E-state index contributed by atoms with van der Waals surface area (Å²) in [7, 11) is 0. The van der Waals surface area contributed by atoms with Crippen LogP contribution in [0, 0.1) is 6.92 Å². The predicted octanol–water partition coefficient (Wildman–Crippen LogP) is 3.34. The topological polar surface area (TPSA) is 54.4 Å². The van der Waals surface area contributed by atoms with Gasteiger partial charge in [-0.05, 0) is 30.9 Å². The molecule has 21 heavy (non-hydrogen) atoms. The van der Waals surface area contributed by atoms with Crippen LogP contribution in [0.5, 0.6) is 0 Å². The van der Waals surface area contributed by atoms with Gasteiger partial charge in [-0.3, -0.25) is 9.59 Å². The number of rotatable bonds is 3. The summed E-state index contributed by atoms with van der Waals surface area (Å²) in [5.74, 6) is -1.32. The van der Waals surface area contributed by atoms with Crippen molar-refractivity contribution in [1.29, 1.82) is 0 Å². The Morgan fingerprint density at radius 3 is 2.48 bits per heavy atom. The van der Waals surface area contributed by atoms with Crippen LogP contribution in [0.2, 0.25) is 0 Å². The Kier molecular flexibility index (Phi) is 3.34. The predicted molar refractivity (Wildman–Crippen MR) is 79.8 cm³/mol. The number of aliphatic carboxylic acids is 1. The standard InChI is InChI=1S/C18H16O3/c1-11-5-7-12(8-6-11)17(19)15-4-2-3-13-14(15)9-10-16(13)18(20)21/h2-8,16H,9-10H2,1H3,(H,20,21)/t16-/m1/s1.